The van der Waals surface area contributed by atoms with Crippen molar-refractivity contribution in [3.8, 4) is 5.75 Å². The van der Waals surface area contributed by atoms with E-state index in [1.165, 1.54) is 6.07 Å². The summed E-state index contributed by atoms with van der Waals surface area (Å²) in [6.45, 7) is 1.96. The fraction of sp³-hybridized carbons (Fsp3) is 0.250. The third-order valence-corrected chi connectivity index (χ3v) is 3.62. The molecule has 0 radical (unpaired) electrons. The Labute approximate surface area is 126 Å². The zero-order chi connectivity index (χ0) is 14.5. The summed E-state index contributed by atoms with van der Waals surface area (Å²) in [6, 6.07) is 13.8. The number of benzene rings is 2. The van der Waals surface area contributed by atoms with E-state index in [4.69, 9.17) is 10.5 Å². The van der Waals surface area contributed by atoms with Gasteiger partial charge in [-0.2, -0.15) is 0 Å². The molecule has 0 aliphatic rings. The van der Waals surface area contributed by atoms with Gasteiger partial charge in [-0.1, -0.05) is 47.1 Å². The van der Waals surface area contributed by atoms with Gasteiger partial charge in [0.05, 0.1) is 0 Å². The Morgan fingerprint density at radius 3 is 2.60 bits per heavy atom. The van der Waals surface area contributed by atoms with E-state index < -0.39 is 6.10 Å². The van der Waals surface area contributed by atoms with E-state index in [9.17, 15) is 4.39 Å². The average Bonchev–Trinajstić information content (AvgIpc) is 2.45. The van der Waals surface area contributed by atoms with Crippen molar-refractivity contribution in [1.82, 2.24) is 0 Å². The van der Waals surface area contributed by atoms with Gasteiger partial charge in [0.15, 0.2) is 0 Å². The SMILES string of the molecule is CCC(N)C(Oc1cccc(Br)c1)c1ccccc1F. The van der Waals surface area contributed by atoms with E-state index in [1.807, 2.05) is 31.2 Å². The van der Waals surface area contributed by atoms with Crippen molar-refractivity contribution in [3.63, 3.8) is 0 Å². The molecule has 0 heterocycles. The smallest absolute Gasteiger partial charge is 0.142 e. The first-order valence-electron chi connectivity index (χ1n) is 6.54. The topological polar surface area (TPSA) is 35.2 Å². The minimum absolute atomic E-state index is 0.272. The molecule has 2 aromatic rings. The van der Waals surface area contributed by atoms with Crippen LogP contribution < -0.4 is 10.5 Å². The van der Waals surface area contributed by atoms with Gasteiger partial charge in [-0.15, -0.1) is 0 Å². The summed E-state index contributed by atoms with van der Waals surface area (Å²) in [5.41, 5.74) is 6.59. The largest absolute Gasteiger partial charge is 0.484 e. The van der Waals surface area contributed by atoms with Gasteiger partial charge in [0, 0.05) is 16.1 Å². The van der Waals surface area contributed by atoms with Crippen molar-refractivity contribution in [2.75, 3.05) is 0 Å². The molecular formula is C16H17BrFNO. The monoisotopic (exact) mass is 337 g/mol. The van der Waals surface area contributed by atoms with Gasteiger partial charge in [-0.25, -0.2) is 4.39 Å². The average molecular weight is 338 g/mol. The molecule has 0 aliphatic carbocycles. The quantitative estimate of drug-likeness (QED) is 0.874. The van der Waals surface area contributed by atoms with E-state index >= 15 is 0 Å². The third-order valence-electron chi connectivity index (χ3n) is 3.13. The third kappa shape index (κ3) is 3.58. The Bertz CT molecular complexity index is 576. The predicted molar refractivity (Wildman–Crippen MR) is 82.2 cm³/mol. The maximum atomic E-state index is 14.0. The highest BCUT2D eigenvalue weighted by atomic mass is 79.9. The van der Waals surface area contributed by atoms with Gasteiger partial charge in [0.2, 0.25) is 0 Å². The molecule has 0 bridgehead atoms. The van der Waals surface area contributed by atoms with Gasteiger partial charge >= 0.3 is 0 Å². The molecule has 2 nitrogen and oxygen atoms in total. The molecule has 0 fully saturated rings. The van der Waals surface area contributed by atoms with Gasteiger partial charge in [-0.05, 0) is 30.7 Å². The van der Waals surface area contributed by atoms with Crippen molar-refractivity contribution < 1.29 is 9.13 Å². The van der Waals surface area contributed by atoms with Crippen LogP contribution in [0.4, 0.5) is 4.39 Å². The standard InChI is InChI=1S/C16H17BrFNO/c1-2-15(19)16(13-8-3-4-9-14(13)18)20-12-7-5-6-11(17)10-12/h3-10,15-16H,2,19H2,1H3. The van der Waals surface area contributed by atoms with E-state index in [0.29, 0.717) is 17.7 Å². The lowest BCUT2D eigenvalue weighted by atomic mass is 10.0. The second kappa shape index (κ2) is 6.86. The lowest BCUT2D eigenvalue weighted by Crippen LogP contribution is -2.32. The zero-order valence-corrected chi connectivity index (χ0v) is 12.8. The lowest BCUT2D eigenvalue weighted by Gasteiger charge is -2.25. The second-order valence-corrected chi connectivity index (χ2v) is 5.51. The maximum Gasteiger partial charge on any atom is 0.142 e. The molecule has 0 spiro atoms. The van der Waals surface area contributed by atoms with Crippen LogP contribution in [0.15, 0.2) is 53.0 Å². The second-order valence-electron chi connectivity index (χ2n) is 4.59. The molecule has 0 amide bonds. The van der Waals surface area contributed by atoms with Crippen molar-refractivity contribution in [3.05, 3.63) is 64.4 Å². The normalized spacial score (nSPS) is 13.8. The van der Waals surface area contributed by atoms with Crippen LogP contribution in [0.25, 0.3) is 0 Å². The molecule has 0 saturated heterocycles. The van der Waals surface area contributed by atoms with Gasteiger partial charge in [0.1, 0.15) is 17.7 Å². The zero-order valence-electron chi connectivity index (χ0n) is 11.2. The summed E-state index contributed by atoms with van der Waals surface area (Å²) in [6.07, 6.45) is 0.197. The summed E-state index contributed by atoms with van der Waals surface area (Å²) < 4.78 is 20.8. The molecular weight excluding hydrogens is 321 g/mol. The van der Waals surface area contributed by atoms with E-state index in [0.717, 1.165) is 4.47 Å². The number of hydrogen-bond donors (Lipinski definition) is 1. The summed E-state index contributed by atoms with van der Waals surface area (Å²) in [4.78, 5) is 0. The summed E-state index contributed by atoms with van der Waals surface area (Å²) in [7, 11) is 0. The molecule has 4 heteroatoms. The lowest BCUT2D eigenvalue weighted by molar-refractivity contribution is 0.166. The first-order valence-corrected chi connectivity index (χ1v) is 7.33. The molecule has 0 saturated carbocycles. The van der Waals surface area contributed by atoms with E-state index in [2.05, 4.69) is 15.9 Å². The molecule has 2 unspecified atom stereocenters. The number of ether oxygens (including phenoxy) is 1. The minimum atomic E-state index is -0.504. The Morgan fingerprint density at radius 2 is 1.95 bits per heavy atom. The molecule has 0 aliphatic heterocycles. The van der Waals surface area contributed by atoms with Crippen LogP contribution in [0.3, 0.4) is 0 Å². The first kappa shape index (κ1) is 15.0. The van der Waals surface area contributed by atoms with Gasteiger partial charge < -0.3 is 10.5 Å². The van der Waals surface area contributed by atoms with Crippen LogP contribution in [0.5, 0.6) is 5.75 Å². The first-order chi connectivity index (χ1) is 9.61. The molecule has 2 atom stereocenters. The minimum Gasteiger partial charge on any atom is -0.484 e. The van der Waals surface area contributed by atoms with Crippen LogP contribution in [0.2, 0.25) is 0 Å². The van der Waals surface area contributed by atoms with Gasteiger partial charge in [0.25, 0.3) is 0 Å². The van der Waals surface area contributed by atoms with Crippen LogP contribution in [-0.4, -0.2) is 6.04 Å². The molecule has 0 aromatic heterocycles. The van der Waals surface area contributed by atoms with Crippen molar-refractivity contribution >= 4 is 15.9 Å². The fourth-order valence-corrected chi connectivity index (χ4v) is 2.37. The molecule has 2 rings (SSSR count). The highest BCUT2D eigenvalue weighted by Crippen LogP contribution is 2.28. The van der Waals surface area contributed by atoms with Crippen molar-refractivity contribution in [2.45, 2.75) is 25.5 Å². The number of halogens is 2. The molecule has 2 N–H and O–H groups in total. The summed E-state index contributed by atoms with van der Waals surface area (Å²) >= 11 is 3.39. The van der Waals surface area contributed by atoms with Crippen LogP contribution in [0, 0.1) is 5.82 Å². The highest BCUT2D eigenvalue weighted by molar-refractivity contribution is 9.10. The Balaban J connectivity index is 2.32. The van der Waals surface area contributed by atoms with Gasteiger partial charge in [-0.3, -0.25) is 0 Å². The Kier molecular flexibility index (Phi) is 5.15. The van der Waals surface area contributed by atoms with E-state index in [-0.39, 0.29) is 11.9 Å². The van der Waals surface area contributed by atoms with Crippen LogP contribution in [-0.2, 0) is 0 Å². The van der Waals surface area contributed by atoms with Crippen molar-refractivity contribution in [1.29, 1.82) is 0 Å². The van der Waals surface area contributed by atoms with Crippen LogP contribution >= 0.6 is 15.9 Å². The molecule has 106 valence electrons. The number of nitrogens with two attached hydrogens (primary N) is 1. The summed E-state index contributed by atoms with van der Waals surface area (Å²) in [5, 5.41) is 0. The Morgan fingerprint density at radius 1 is 1.20 bits per heavy atom. The summed E-state index contributed by atoms with van der Waals surface area (Å²) in [5.74, 6) is 0.368. The number of rotatable bonds is 5. The fourth-order valence-electron chi connectivity index (χ4n) is 1.99. The highest BCUT2D eigenvalue weighted by Gasteiger charge is 2.23. The molecule has 20 heavy (non-hydrogen) atoms. The number of hydrogen-bond acceptors (Lipinski definition) is 2. The molecule has 2 aromatic carbocycles. The van der Waals surface area contributed by atoms with Crippen molar-refractivity contribution in [2.24, 2.45) is 5.73 Å². The van der Waals surface area contributed by atoms with E-state index in [1.54, 1.807) is 18.2 Å². The van der Waals surface area contributed by atoms with Crippen LogP contribution in [0.1, 0.15) is 25.0 Å². The Hall–Kier alpha value is -1.39. The predicted octanol–water partition coefficient (Wildman–Crippen LogP) is 4.45. The maximum absolute atomic E-state index is 14.0.